The van der Waals surface area contributed by atoms with Crippen LogP contribution < -0.4 is 10.2 Å². The molecule has 1 aromatic rings. The Morgan fingerprint density at radius 3 is 2.17 bits per heavy atom. The summed E-state index contributed by atoms with van der Waals surface area (Å²) in [4.78, 5) is 16.0. The van der Waals surface area contributed by atoms with Crippen LogP contribution in [0.1, 0.15) is 26.7 Å². The molecule has 1 heterocycles. The highest BCUT2D eigenvalue weighted by molar-refractivity contribution is 5.78. The van der Waals surface area contributed by atoms with Crippen molar-refractivity contribution >= 4 is 11.6 Å². The lowest BCUT2D eigenvalue weighted by molar-refractivity contribution is -0.123. The van der Waals surface area contributed by atoms with Gasteiger partial charge in [0.2, 0.25) is 5.91 Å². The Morgan fingerprint density at radius 2 is 1.65 bits per heavy atom. The lowest BCUT2D eigenvalue weighted by atomic mass is 10.2. The van der Waals surface area contributed by atoms with Crippen LogP contribution in [0.15, 0.2) is 18.2 Å². The Kier molecular flexibility index (Phi) is 6.33. The second-order valence-corrected chi connectivity index (χ2v) is 5.97. The Balaban J connectivity index is 1.83. The number of carbonyl (C=O) groups excluding carboxylic acids is 1. The molecule has 0 aromatic heterocycles. The number of rotatable bonds is 6. The van der Waals surface area contributed by atoms with E-state index in [-0.39, 0.29) is 11.9 Å². The lowest BCUT2D eigenvalue weighted by Crippen LogP contribution is -2.50. The first-order valence-electron chi connectivity index (χ1n) is 8.24. The fourth-order valence-corrected chi connectivity index (χ4v) is 2.86. The third-order valence-electron chi connectivity index (χ3n) is 4.30. The molecule has 0 unspecified atom stereocenters. The molecule has 4 nitrogen and oxygen atoms in total. The molecule has 0 saturated carbocycles. The van der Waals surface area contributed by atoms with Crippen LogP contribution in [0.4, 0.5) is 14.5 Å². The smallest absolute Gasteiger partial charge is 0.234 e. The summed E-state index contributed by atoms with van der Waals surface area (Å²) < 4.78 is 26.6. The van der Waals surface area contributed by atoms with Crippen LogP contribution in [0.2, 0.25) is 0 Å². The monoisotopic (exact) mass is 325 g/mol. The van der Waals surface area contributed by atoms with Gasteiger partial charge in [-0.15, -0.1) is 0 Å². The topological polar surface area (TPSA) is 35.6 Å². The second kappa shape index (κ2) is 8.24. The molecule has 1 N–H and O–H groups in total. The molecule has 0 atom stereocenters. The van der Waals surface area contributed by atoms with E-state index in [1.54, 1.807) is 0 Å². The molecular weight excluding hydrogens is 300 g/mol. The fourth-order valence-electron chi connectivity index (χ4n) is 2.86. The summed E-state index contributed by atoms with van der Waals surface area (Å²) in [6.07, 6.45) is 1.86. The van der Waals surface area contributed by atoms with Gasteiger partial charge in [0, 0.05) is 44.0 Å². The van der Waals surface area contributed by atoms with Gasteiger partial charge in [0.25, 0.3) is 0 Å². The molecule has 1 aliphatic heterocycles. The summed E-state index contributed by atoms with van der Waals surface area (Å²) >= 11 is 0. The number of hydrogen-bond acceptors (Lipinski definition) is 3. The largest absolute Gasteiger partial charge is 0.369 e. The second-order valence-electron chi connectivity index (χ2n) is 5.97. The predicted octanol–water partition coefficient (Wildman–Crippen LogP) is 2.39. The molecule has 1 amide bonds. The van der Waals surface area contributed by atoms with E-state index in [0.717, 1.165) is 18.9 Å². The summed E-state index contributed by atoms with van der Waals surface area (Å²) in [5.74, 6) is -1.08. The minimum absolute atomic E-state index is 0.0453. The highest BCUT2D eigenvalue weighted by atomic mass is 19.1. The number of carbonyl (C=O) groups is 1. The van der Waals surface area contributed by atoms with Gasteiger partial charge in [-0.05, 0) is 25.0 Å². The van der Waals surface area contributed by atoms with Gasteiger partial charge < -0.3 is 10.2 Å². The van der Waals surface area contributed by atoms with Crippen LogP contribution in [0.5, 0.6) is 0 Å². The first-order chi connectivity index (χ1) is 11.0. The molecule has 1 aromatic carbocycles. The van der Waals surface area contributed by atoms with Gasteiger partial charge in [-0.2, -0.15) is 0 Å². The number of benzene rings is 1. The van der Waals surface area contributed by atoms with Crippen molar-refractivity contribution in [3.05, 3.63) is 29.8 Å². The van der Waals surface area contributed by atoms with Crippen molar-refractivity contribution in [1.29, 1.82) is 0 Å². The van der Waals surface area contributed by atoms with Crippen LogP contribution >= 0.6 is 0 Å². The van der Waals surface area contributed by atoms with Crippen molar-refractivity contribution in [3.63, 3.8) is 0 Å². The highest BCUT2D eigenvalue weighted by Gasteiger charge is 2.20. The molecule has 128 valence electrons. The summed E-state index contributed by atoms with van der Waals surface area (Å²) in [7, 11) is 0. The maximum atomic E-state index is 13.3. The standard InChI is InChI=1S/C17H25F2N3O/c1-3-15(4-2)20-17(23)12-21-5-7-22(8-6-21)16-10-13(18)9-14(19)11-16/h9-11,15H,3-8,12H2,1-2H3,(H,20,23). The average Bonchev–Trinajstić information content (AvgIpc) is 2.52. The Bertz CT molecular complexity index is 506. The first kappa shape index (κ1) is 17.7. The lowest BCUT2D eigenvalue weighted by Gasteiger charge is -2.36. The molecule has 0 bridgehead atoms. The SMILES string of the molecule is CCC(CC)NC(=O)CN1CCN(c2cc(F)cc(F)c2)CC1. The Labute approximate surface area is 136 Å². The molecule has 23 heavy (non-hydrogen) atoms. The van der Waals surface area contributed by atoms with Gasteiger partial charge in [-0.25, -0.2) is 8.78 Å². The van der Waals surface area contributed by atoms with E-state index in [0.29, 0.717) is 38.4 Å². The molecular formula is C17H25F2N3O. The van der Waals surface area contributed by atoms with Crippen LogP contribution in [0.25, 0.3) is 0 Å². The third-order valence-corrected chi connectivity index (χ3v) is 4.30. The zero-order valence-electron chi connectivity index (χ0n) is 13.8. The van der Waals surface area contributed by atoms with Crippen molar-refractivity contribution in [1.82, 2.24) is 10.2 Å². The summed E-state index contributed by atoms with van der Waals surface area (Å²) in [5, 5.41) is 3.03. The van der Waals surface area contributed by atoms with Crippen LogP contribution in [-0.4, -0.2) is 49.6 Å². The van der Waals surface area contributed by atoms with Gasteiger partial charge in [0.05, 0.1) is 6.54 Å². The van der Waals surface area contributed by atoms with Crippen LogP contribution in [0, 0.1) is 11.6 Å². The van der Waals surface area contributed by atoms with Gasteiger partial charge in [0.1, 0.15) is 11.6 Å². The average molecular weight is 325 g/mol. The fraction of sp³-hybridized carbons (Fsp3) is 0.588. The number of anilines is 1. The molecule has 1 fully saturated rings. The van der Waals surface area contributed by atoms with Crippen molar-refractivity contribution < 1.29 is 13.6 Å². The first-order valence-corrected chi connectivity index (χ1v) is 8.24. The molecule has 2 rings (SSSR count). The van der Waals surface area contributed by atoms with Crippen LogP contribution in [0.3, 0.4) is 0 Å². The van der Waals surface area contributed by atoms with Crippen molar-refractivity contribution in [2.75, 3.05) is 37.6 Å². The summed E-state index contributed by atoms with van der Waals surface area (Å²) in [6, 6.07) is 3.80. The van der Waals surface area contributed by atoms with Gasteiger partial charge in [-0.3, -0.25) is 9.69 Å². The number of halogens is 2. The van der Waals surface area contributed by atoms with Gasteiger partial charge in [-0.1, -0.05) is 13.8 Å². The predicted molar refractivity (Wildman–Crippen MR) is 87.5 cm³/mol. The molecule has 6 heteroatoms. The Hall–Kier alpha value is -1.69. The number of hydrogen-bond donors (Lipinski definition) is 1. The summed E-state index contributed by atoms with van der Waals surface area (Å²) in [5.41, 5.74) is 0.559. The third kappa shape index (κ3) is 5.16. The molecule has 1 aliphatic rings. The van der Waals surface area contributed by atoms with Gasteiger partial charge in [0.15, 0.2) is 0 Å². The van der Waals surface area contributed by atoms with E-state index in [1.165, 1.54) is 12.1 Å². The van der Waals surface area contributed by atoms with E-state index in [9.17, 15) is 13.6 Å². The van der Waals surface area contributed by atoms with E-state index in [4.69, 9.17) is 0 Å². The maximum Gasteiger partial charge on any atom is 0.234 e. The van der Waals surface area contributed by atoms with E-state index in [1.807, 2.05) is 4.90 Å². The van der Waals surface area contributed by atoms with Crippen LogP contribution in [-0.2, 0) is 4.79 Å². The van der Waals surface area contributed by atoms with Crippen molar-refractivity contribution in [2.24, 2.45) is 0 Å². The van der Waals surface area contributed by atoms with Gasteiger partial charge >= 0.3 is 0 Å². The Morgan fingerprint density at radius 1 is 1.09 bits per heavy atom. The number of nitrogens with one attached hydrogen (secondary N) is 1. The zero-order valence-corrected chi connectivity index (χ0v) is 13.8. The van der Waals surface area contributed by atoms with Crippen molar-refractivity contribution in [2.45, 2.75) is 32.7 Å². The molecule has 0 radical (unpaired) electrons. The number of piperazine rings is 1. The molecule has 0 aliphatic carbocycles. The number of amides is 1. The number of nitrogens with zero attached hydrogens (tertiary/aromatic N) is 2. The summed E-state index contributed by atoms with van der Waals surface area (Å²) in [6.45, 7) is 7.21. The van der Waals surface area contributed by atoms with E-state index >= 15 is 0 Å². The van der Waals surface area contributed by atoms with E-state index in [2.05, 4.69) is 24.1 Å². The van der Waals surface area contributed by atoms with E-state index < -0.39 is 11.6 Å². The molecule has 0 spiro atoms. The van der Waals surface area contributed by atoms with Crippen molar-refractivity contribution in [3.8, 4) is 0 Å². The maximum absolute atomic E-state index is 13.3. The normalized spacial score (nSPS) is 16.0. The molecule has 1 saturated heterocycles. The quantitative estimate of drug-likeness (QED) is 0.872. The minimum atomic E-state index is -0.563. The zero-order chi connectivity index (χ0) is 16.8. The highest BCUT2D eigenvalue weighted by Crippen LogP contribution is 2.19. The minimum Gasteiger partial charge on any atom is -0.369 e.